The fraction of sp³-hybridized carbons (Fsp3) is 0.115. The smallest absolute Gasteiger partial charge is 0.248 e. The summed E-state index contributed by atoms with van der Waals surface area (Å²) in [6, 6.07) is 15.8. The third-order valence-corrected chi connectivity index (χ3v) is 4.80. The number of hydrogen-bond donors (Lipinski definition) is 3. The third-order valence-electron chi connectivity index (χ3n) is 4.80. The number of para-hydroxylation sites is 1. The SMILES string of the molecule is COc1cc(/C=C/c2cccc(O)c2NC(=O)/C=C/c2cccc(N)c2)cc(OC)c1OC. The molecule has 3 rings (SSSR count). The lowest BCUT2D eigenvalue weighted by atomic mass is 10.1. The first-order valence-electron chi connectivity index (χ1n) is 10.1. The molecule has 0 saturated carbocycles. The number of phenolic OH excluding ortho intramolecular Hbond substituents is 1. The number of nitrogens with one attached hydrogen (secondary N) is 1. The summed E-state index contributed by atoms with van der Waals surface area (Å²) in [5, 5.41) is 13.1. The molecule has 0 radical (unpaired) electrons. The lowest BCUT2D eigenvalue weighted by Crippen LogP contribution is -2.09. The molecule has 0 aliphatic carbocycles. The van der Waals surface area contributed by atoms with Gasteiger partial charge in [0.05, 0.1) is 27.0 Å². The summed E-state index contributed by atoms with van der Waals surface area (Å²) in [6.45, 7) is 0. The molecule has 4 N–H and O–H groups in total. The van der Waals surface area contributed by atoms with Crippen molar-refractivity contribution in [2.75, 3.05) is 32.4 Å². The molecule has 0 bridgehead atoms. The number of aromatic hydroxyl groups is 1. The van der Waals surface area contributed by atoms with Crippen LogP contribution in [0.5, 0.6) is 23.0 Å². The number of carbonyl (C=O) groups is 1. The highest BCUT2D eigenvalue weighted by atomic mass is 16.5. The molecule has 0 saturated heterocycles. The zero-order valence-corrected chi connectivity index (χ0v) is 18.7. The minimum atomic E-state index is -0.388. The van der Waals surface area contributed by atoms with Gasteiger partial charge in [0, 0.05) is 17.3 Å². The first kappa shape index (κ1) is 23.3. The van der Waals surface area contributed by atoms with Gasteiger partial charge in [-0.05, 0) is 47.5 Å². The van der Waals surface area contributed by atoms with Crippen LogP contribution in [0.25, 0.3) is 18.2 Å². The average molecular weight is 447 g/mol. The van der Waals surface area contributed by atoms with Crippen molar-refractivity contribution >= 4 is 35.5 Å². The van der Waals surface area contributed by atoms with Crippen LogP contribution >= 0.6 is 0 Å². The first-order valence-corrected chi connectivity index (χ1v) is 10.1. The summed E-state index contributed by atoms with van der Waals surface area (Å²) in [4.78, 5) is 12.5. The highest BCUT2D eigenvalue weighted by Gasteiger charge is 2.13. The molecule has 0 unspecified atom stereocenters. The fourth-order valence-corrected chi connectivity index (χ4v) is 3.22. The van der Waals surface area contributed by atoms with E-state index in [-0.39, 0.29) is 11.7 Å². The van der Waals surface area contributed by atoms with E-state index in [0.717, 1.165) is 11.1 Å². The highest BCUT2D eigenvalue weighted by Crippen LogP contribution is 2.39. The molecule has 0 fully saturated rings. The number of nitrogen functional groups attached to an aromatic ring is 1. The molecule has 3 aromatic rings. The van der Waals surface area contributed by atoms with Gasteiger partial charge in [-0.3, -0.25) is 4.79 Å². The van der Waals surface area contributed by atoms with Crippen LogP contribution in [0, 0.1) is 0 Å². The molecule has 7 heteroatoms. The van der Waals surface area contributed by atoms with E-state index in [1.807, 2.05) is 18.2 Å². The van der Waals surface area contributed by atoms with Crippen LogP contribution in [0.3, 0.4) is 0 Å². The monoisotopic (exact) mass is 446 g/mol. The number of methoxy groups -OCH3 is 3. The van der Waals surface area contributed by atoms with E-state index in [4.69, 9.17) is 19.9 Å². The van der Waals surface area contributed by atoms with Gasteiger partial charge in [-0.1, -0.05) is 36.4 Å². The molecule has 0 aliphatic heterocycles. The topological polar surface area (TPSA) is 103 Å². The van der Waals surface area contributed by atoms with Crippen molar-refractivity contribution in [2.24, 2.45) is 0 Å². The fourth-order valence-electron chi connectivity index (χ4n) is 3.22. The van der Waals surface area contributed by atoms with Crippen molar-refractivity contribution in [3.8, 4) is 23.0 Å². The molecule has 0 aromatic heterocycles. The lowest BCUT2D eigenvalue weighted by molar-refractivity contribution is -0.111. The highest BCUT2D eigenvalue weighted by molar-refractivity contribution is 6.04. The molecule has 0 atom stereocenters. The van der Waals surface area contributed by atoms with Crippen molar-refractivity contribution < 1.29 is 24.1 Å². The third kappa shape index (κ3) is 5.86. The minimum absolute atomic E-state index is 0.0484. The van der Waals surface area contributed by atoms with E-state index < -0.39 is 0 Å². The van der Waals surface area contributed by atoms with Crippen molar-refractivity contribution in [3.05, 3.63) is 77.4 Å². The Labute approximate surface area is 192 Å². The second-order valence-corrected chi connectivity index (χ2v) is 7.03. The molecule has 3 aromatic carbocycles. The normalized spacial score (nSPS) is 11.0. The second kappa shape index (κ2) is 10.8. The van der Waals surface area contributed by atoms with E-state index in [9.17, 15) is 9.90 Å². The van der Waals surface area contributed by atoms with E-state index in [0.29, 0.717) is 34.2 Å². The molecule has 1 amide bonds. The van der Waals surface area contributed by atoms with Gasteiger partial charge in [-0.25, -0.2) is 0 Å². The number of carbonyl (C=O) groups excluding carboxylic acids is 1. The number of anilines is 2. The Morgan fingerprint density at radius 3 is 2.21 bits per heavy atom. The van der Waals surface area contributed by atoms with Gasteiger partial charge < -0.3 is 30.4 Å². The van der Waals surface area contributed by atoms with Gasteiger partial charge in [0.15, 0.2) is 11.5 Å². The molecule has 0 heterocycles. The number of rotatable bonds is 8. The van der Waals surface area contributed by atoms with Crippen LogP contribution in [0.4, 0.5) is 11.4 Å². The molecule has 170 valence electrons. The van der Waals surface area contributed by atoms with Crippen molar-refractivity contribution in [1.82, 2.24) is 0 Å². The predicted molar refractivity (Wildman–Crippen MR) is 132 cm³/mol. The quantitative estimate of drug-likeness (QED) is 0.198. The van der Waals surface area contributed by atoms with Crippen LogP contribution in [0.2, 0.25) is 0 Å². The number of hydrogen-bond acceptors (Lipinski definition) is 6. The van der Waals surface area contributed by atoms with Gasteiger partial charge in [0.2, 0.25) is 11.7 Å². The van der Waals surface area contributed by atoms with Crippen LogP contribution in [-0.2, 0) is 4.79 Å². The van der Waals surface area contributed by atoms with Crippen molar-refractivity contribution in [2.45, 2.75) is 0 Å². The summed E-state index contributed by atoms with van der Waals surface area (Å²) >= 11 is 0. The number of amides is 1. The molecule has 0 aliphatic rings. The zero-order valence-electron chi connectivity index (χ0n) is 18.7. The maximum atomic E-state index is 12.5. The van der Waals surface area contributed by atoms with E-state index >= 15 is 0 Å². The van der Waals surface area contributed by atoms with E-state index in [1.54, 1.807) is 69.9 Å². The summed E-state index contributed by atoms with van der Waals surface area (Å²) < 4.78 is 16.1. The maximum Gasteiger partial charge on any atom is 0.248 e. The zero-order chi connectivity index (χ0) is 23.8. The molecule has 33 heavy (non-hydrogen) atoms. The number of benzene rings is 3. The first-order chi connectivity index (χ1) is 15.9. The Hall–Kier alpha value is -4.39. The summed E-state index contributed by atoms with van der Waals surface area (Å²) in [5.74, 6) is 1.10. The van der Waals surface area contributed by atoms with Crippen molar-refractivity contribution in [3.63, 3.8) is 0 Å². The Balaban J connectivity index is 1.85. The van der Waals surface area contributed by atoms with Gasteiger partial charge in [-0.2, -0.15) is 0 Å². The molecule has 7 nitrogen and oxygen atoms in total. The Morgan fingerprint density at radius 2 is 1.58 bits per heavy atom. The van der Waals surface area contributed by atoms with Crippen molar-refractivity contribution in [1.29, 1.82) is 0 Å². The number of ether oxygens (including phenoxy) is 3. The van der Waals surface area contributed by atoms with Gasteiger partial charge >= 0.3 is 0 Å². The van der Waals surface area contributed by atoms with E-state index in [1.165, 1.54) is 12.1 Å². The van der Waals surface area contributed by atoms with Crippen LogP contribution in [0.1, 0.15) is 16.7 Å². The standard InChI is InChI=1S/C26H26N2O5/c1-31-22-15-18(16-23(32-2)26(22)33-3)10-12-19-7-5-9-21(29)25(19)28-24(30)13-11-17-6-4-8-20(27)14-17/h4-16,29H,27H2,1-3H3,(H,28,30)/b12-10+,13-11+. The average Bonchev–Trinajstić information content (AvgIpc) is 2.82. The Kier molecular flexibility index (Phi) is 7.60. The second-order valence-electron chi connectivity index (χ2n) is 7.03. The van der Waals surface area contributed by atoms with E-state index in [2.05, 4.69) is 5.32 Å². The predicted octanol–water partition coefficient (Wildman–Crippen LogP) is 4.82. The molecular weight excluding hydrogens is 420 g/mol. The maximum absolute atomic E-state index is 12.5. The minimum Gasteiger partial charge on any atom is -0.506 e. The van der Waals surface area contributed by atoms with Crippen LogP contribution in [0.15, 0.2) is 60.7 Å². The Bertz CT molecular complexity index is 1180. The van der Waals surface area contributed by atoms with Gasteiger partial charge in [-0.15, -0.1) is 0 Å². The van der Waals surface area contributed by atoms with Gasteiger partial charge in [0.25, 0.3) is 0 Å². The van der Waals surface area contributed by atoms with Crippen LogP contribution < -0.4 is 25.3 Å². The number of nitrogens with two attached hydrogens (primary N) is 1. The van der Waals surface area contributed by atoms with Gasteiger partial charge in [0.1, 0.15) is 5.75 Å². The largest absolute Gasteiger partial charge is 0.506 e. The number of phenols is 1. The Morgan fingerprint density at radius 1 is 0.879 bits per heavy atom. The lowest BCUT2D eigenvalue weighted by Gasteiger charge is -2.13. The summed E-state index contributed by atoms with van der Waals surface area (Å²) in [7, 11) is 4.63. The molecule has 0 spiro atoms. The summed E-state index contributed by atoms with van der Waals surface area (Å²) in [5.41, 5.74) is 8.87. The van der Waals surface area contributed by atoms with Crippen LogP contribution in [-0.4, -0.2) is 32.3 Å². The molecular formula is C26H26N2O5. The summed E-state index contributed by atoms with van der Waals surface area (Å²) in [6.07, 6.45) is 6.63.